The highest BCUT2D eigenvalue weighted by molar-refractivity contribution is 7.61. The molecule has 8 rings (SSSR count). The Kier molecular flexibility index (Phi) is 3.03. The third-order valence-electron chi connectivity index (χ3n) is 9.38. The van der Waals surface area contributed by atoms with Crippen molar-refractivity contribution < 1.29 is 0 Å². The molecule has 0 unspecified atom stereocenters. The molecule has 0 aromatic heterocycles. The molecular weight excluding hydrogens is 295 g/mol. The fourth-order valence-corrected chi connectivity index (χ4v) is 14.6. The van der Waals surface area contributed by atoms with Gasteiger partial charge in [-0.2, -0.15) is 0 Å². The lowest BCUT2D eigenvalue weighted by atomic mass is 9.55. The second-order valence-electron chi connectivity index (χ2n) is 10.9. The molecule has 8 fully saturated rings. The van der Waals surface area contributed by atoms with Gasteiger partial charge in [-0.25, -0.2) is 0 Å². The van der Waals surface area contributed by atoms with Crippen LogP contribution in [0.15, 0.2) is 0 Å². The standard InChI is InChI=1S/C22H34P/c1-2-23(21-9-15-3-16(10-21)5-17(4-15)11-21)22-12-18-6-19(13-22)8-20(7-18)14-22/h15-20H,1-14H2. The molecule has 0 aromatic carbocycles. The molecule has 0 aromatic rings. The van der Waals surface area contributed by atoms with Crippen LogP contribution in [0.1, 0.15) is 77.0 Å². The Morgan fingerprint density at radius 3 is 1.04 bits per heavy atom. The zero-order valence-corrected chi connectivity index (χ0v) is 15.7. The first-order chi connectivity index (χ1) is 11.2. The van der Waals surface area contributed by atoms with Crippen molar-refractivity contribution in [2.75, 3.05) is 6.16 Å². The number of hydrogen-bond donors (Lipinski definition) is 0. The van der Waals surface area contributed by atoms with Crippen molar-refractivity contribution >= 4 is 7.92 Å². The molecule has 127 valence electrons. The lowest BCUT2D eigenvalue weighted by Gasteiger charge is -2.67. The van der Waals surface area contributed by atoms with Crippen LogP contribution in [0.25, 0.3) is 0 Å². The van der Waals surface area contributed by atoms with Gasteiger partial charge in [0.05, 0.1) is 0 Å². The van der Waals surface area contributed by atoms with E-state index in [1.165, 1.54) is 6.16 Å². The van der Waals surface area contributed by atoms with Gasteiger partial charge in [0.2, 0.25) is 0 Å². The van der Waals surface area contributed by atoms with E-state index in [1.54, 1.807) is 77.0 Å². The van der Waals surface area contributed by atoms with Crippen molar-refractivity contribution in [2.45, 2.75) is 87.4 Å². The van der Waals surface area contributed by atoms with Crippen molar-refractivity contribution in [3.63, 3.8) is 0 Å². The van der Waals surface area contributed by atoms with Crippen LogP contribution in [0.5, 0.6) is 0 Å². The molecule has 8 aliphatic carbocycles. The number of rotatable bonds is 3. The normalized spacial score (nSPS) is 60.4. The Morgan fingerprint density at radius 2 is 0.826 bits per heavy atom. The Hall–Kier alpha value is 0.430. The van der Waals surface area contributed by atoms with Crippen LogP contribution < -0.4 is 0 Å². The summed E-state index contributed by atoms with van der Waals surface area (Å²) in [5.74, 6) is 6.79. The van der Waals surface area contributed by atoms with Crippen molar-refractivity contribution in [1.82, 2.24) is 0 Å². The topological polar surface area (TPSA) is 0 Å². The summed E-state index contributed by atoms with van der Waals surface area (Å²) in [7, 11) is 0.182. The summed E-state index contributed by atoms with van der Waals surface area (Å²) in [6.45, 7) is 4.63. The monoisotopic (exact) mass is 329 g/mol. The van der Waals surface area contributed by atoms with Crippen LogP contribution in [0.3, 0.4) is 0 Å². The molecule has 8 bridgehead atoms. The molecule has 1 heteroatoms. The molecule has 0 nitrogen and oxygen atoms in total. The van der Waals surface area contributed by atoms with Crippen LogP contribution in [0, 0.1) is 42.4 Å². The fourth-order valence-electron chi connectivity index (χ4n) is 9.77. The van der Waals surface area contributed by atoms with E-state index in [2.05, 4.69) is 6.92 Å². The quantitative estimate of drug-likeness (QED) is 0.538. The molecule has 0 aliphatic heterocycles. The molecule has 8 aliphatic rings. The van der Waals surface area contributed by atoms with Gasteiger partial charge in [0, 0.05) is 0 Å². The van der Waals surface area contributed by atoms with Gasteiger partial charge in [-0.3, -0.25) is 0 Å². The highest BCUT2D eigenvalue weighted by Gasteiger charge is 2.61. The predicted molar refractivity (Wildman–Crippen MR) is 99.0 cm³/mol. The molecule has 0 saturated heterocycles. The molecule has 8 saturated carbocycles. The second-order valence-corrected chi connectivity index (χ2v) is 14.1. The fraction of sp³-hybridized carbons (Fsp3) is 0.955. The van der Waals surface area contributed by atoms with Gasteiger partial charge in [0.15, 0.2) is 0 Å². The molecular formula is C22H34P. The van der Waals surface area contributed by atoms with E-state index in [-0.39, 0.29) is 7.92 Å². The van der Waals surface area contributed by atoms with Crippen LogP contribution in [0.4, 0.5) is 0 Å². The van der Waals surface area contributed by atoms with E-state index >= 15 is 0 Å². The molecule has 0 spiro atoms. The van der Waals surface area contributed by atoms with Crippen LogP contribution in [-0.4, -0.2) is 16.5 Å². The highest BCUT2D eigenvalue weighted by Crippen LogP contribution is 2.78. The summed E-state index contributed by atoms with van der Waals surface area (Å²) < 4.78 is 0. The SMILES string of the molecule is [CH2]CP(C12CC3CC(CC(C3)C1)C2)C12CC3CC(CC(C3)C1)C2. The summed E-state index contributed by atoms with van der Waals surface area (Å²) >= 11 is 0. The zero-order valence-electron chi connectivity index (χ0n) is 14.8. The van der Waals surface area contributed by atoms with Crippen molar-refractivity contribution in [1.29, 1.82) is 0 Å². The van der Waals surface area contributed by atoms with Crippen LogP contribution >= 0.6 is 7.92 Å². The Bertz CT molecular complexity index is 392. The summed E-state index contributed by atoms with van der Waals surface area (Å²) in [6.07, 6.45) is 20.8. The highest BCUT2D eigenvalue weighted by atomic mass is 31.1. The smallest absolute Gasteiger partial charge is 0.00815 e. The van der Waals surface area contributed by atoms with Crippen molar-refractivity contribution in [2.24, 2.45) is 35.5 Å². The summed E-state index contributed by atoms with van der Waals surface area (Å²) in [5, 5.41) is 1.63. The molecule has 0 atom stereocenters. The lowest BCUT2D eigenvalue weighted by Crippen LogP contribution is -2.56. The maximum atomic E-state index is 4.63. The molecule has 0 amide bonds. The summed E-state index contributed by atoms with van der Waals surface area (Å²) in [5.41, 5.74) is 0. The van der Waals surface area contributed by atoms with Crippen LogP contribution in [-0.2, 0) is 0 Å². The molecule has 23 heavy (non-hydrogen) atoms. The molecule has 0 heterocycles. The third kappa shape index (κ3) is 2.00. The van der Waals surface area contributed by atoms with E-state index in [1.807, 2.05) is 0 Å². The first kappa shape index (κ1) is 14.6. The zero-order chi connectivity index (χ0) is 15.2. The molecule has 0 N–H and O–H groups in total. The van der Waals surface area contributed by atoms with E-state index in [4.69, 9.17) is 0 Å². The van der Waals surface area contributed by atoms with Gasteiger partial charge in [0.1, 0.15) is 0 Å². The van der Waals surface area contributed by atoms with Crippen molar-refractivity contribution in [3.8, 4) is 0 Å². The van der Waals surface area contributed by atoms with Gasteiger partial charge in [-0.15, -0.1) is 0 Å². The minimum atomic E-state index is 0.182. The van der Waals surface area contributed by atoms with E-state index < -0.39 is 0 Å². The van der Waals surface area contributed by atoms with Gasteiger partial charge in [-0.05, 0) is 136 Å². The first-order valence-corrected chi connectivity index (χ1v) is 12.3. The van der Waals surface area contributed by atoms with E-state index in [0.29, 0.717) is 0 Å². The first-order valence-electron chi connectivity index (χ1n) is 10.7. The Balaban J connectivity index is 1.38. The third-order valence-corrected chi connectivity index (χ3v) is 13.2. The maximum Gasteiger partial charge on any atom is -0.00815 e. The average molecular weight is 329 g/mol. The minimum absolute atomic E-state index is 0.182. The van der Waals surface area contributed by atoms with Crippen molar-refractivity contribution in [3.05, 3.63) is 6.92 Å². The van der Waals surface area contributed by atoms with Crippen LogP contribution in [0.2, 0.25) is 0 Å². The summed E-state index contributed by atoms with van der Waals surface area (Å²) in [6, 6.07) is 0. The van der Waals surface area contributed by atoms with Gasteiger partial charge >= 0.3 is 0 Å². The second kappa shape index (κ2) is 4.78. The predicted octanol–water partition coefficient (Wildman–Crippen LogP) is 6.24. The maximum absolute atomic E-state index is 4.63. The minimum Gasteiger partial charge on any atom is -0.0939 e. The van der Waals surface area contributed by atoms with Gasteiger partial charge in [-0.1, -0.05) is 7.92 Å². The summed E-state index contributed by atoms with van der Waals surface area (Å²) in [4.78, 5) is 0. The van der Waals surface area contributed by atoms with Gasteiger partial charge < -0.3 is 0 Å². The lowest BCUT2D eigenvalue weighted by molar-refractivity contribution is 0.0187. The Morgan fingerprint density at radius 1 is 0.565 bits per heavy atom. The average Bonchev–Trinajstić information content (AvgIpc) is 2.43. The largest absolute Gasteiger partial charge is 0.0939 e. The van der Waals surface area contributed by atoms with E-state index in [0.717, 1.165) is 45.8 Å². The molecule has 1 radical (unpaired) electrons. The van der Waals surface area contributed by atoms with Gasteiger partial charge in [0.25, 0.3) is 0 Å². The number of hydrogen-bond acceptors (Lipinski definition) is 0. The Labute approximate surface area is 144 Å². The van der Waals surface area contributed by atoms with E-state index in [9.17, 15) is 0 Å².